The summed E-state index contributed by atoms with van der Waals surface area (Å²) in [6, 6.07) is 5.19. The van der Waals surface area contributed by atoms with Crippen LogP contribution in [0.1, 0.15) is 36.7 Å². The average molecular weight is 293 g/mol. The first kappa shape index (κ1) is 15.8. The predicted octanol–water partition coefficient (Wildman–Crippen LogP) is 2.18. The molecule has 0 aromatic heterocycles. The second kappa shape index (κ2) is 6.45. The molecule has 1 fully saturated rings. The van der Waals surface area contributed by atoms with Gasteiger partial charge in [0.25, 0.3) is 0 Å². The lowest BCUT2D eigenvalue weighted by atomic mass is 10.1. The molecule has 5 heteroatoms. The van der Waals surface area contributed by atoms with Crippen LogP contribution in [0.2, 0.25) is 0 Å². The zero-order valence-corrected chi connectivity index (χ0v) is 12.9. The fourth-order valence-electron chi connectivity index (χ4n) is 2.22. The molecule has 0 bridgehead atoms. The van der Waals surface area contributed by atoms with Crippen molar-refractivity contribution in [1.82, 2.24) is 4.90 Å². The van der Waals surface area contributed by atoms with Gasteiger partial charge in [-0.05, 0) is 26.8 Å². The first-order valence-electron chi connectivity index (χ1n) is 7.21. The molecule has 21 heavy (non-hydrogen) atoms. The van der Waals surface area contributed by atoms with E-state index in [1.54, 1.807) is 32.9 Å². The minimum absolute atomic E-state index is 0.0123. The predicted molar refractivity (Wildman–Crippen MR) is 79.4 cm³/mol. The van der Waals surface area contributed by atoms with Gasteiger partial charge >= 0.3 is 5.97 Å². The number of benzene rings is 1. The Morgan fingerprint density at radius 2 is 2.00 bits per heavy atom. The van der Waals surface area contributed by atoms with Crippen molar-refractivity contribution >= 4 is 5.97 Å². The van der Waals surface area contributed by atoms with Crippen LogP contribution in [0.25, 0.3) is 0 Å². The van der Waals surface area contributed by atoms with Crippen LogP contribution in [0.4, 0.5) is 0 Å². The molecule has 1 N–H and O–H groups in total. The van der Waals surface area contributed by atoms with Crippen LogP contribution < -0.4 is 0 Å². The van der Waals surface area contributed by atoms with Crippen molar-refractivity contribution < 1.29 is 19.4 Å². The van der Waals surface area contributed by atoms with E-state index in [0.717, 1.165) is 18.7 Å². The van der Waals surface area contributed by atoms with Crippen molar-refractivity contribution in [2.75, 3.05) is 26.3 Å². The third-order valence-corrected chi connectivity index (χ3v) is 3.24. The summed E-state index contributed by atoms with van der Waals surface area (Å²) < 4.78 is 10.6. The standard InChI is InChI=1S/C16H23NO4/c1-16(2,3)21-15(19)13-6-4-5-12(14(13)18)11-17-7-9-20-10-8-17/h4-6,18H,7-11H2,1-3H3. The van der Waals surface area contributed by atoms with Crippen LogP contribution >= 0.6 is 0 Å². The Kier molecular flexibility index (Phi) is 4.85. The van der Waals surface area contributed by atoms with Crippen molar-refractivity contribution in [3.8, 4) is 5.75 Å². The highest BCUT2D eigenvalue weighted by Gasteiger charge is 2.22. The number of para-hydroxylation sites is 1. The molecule has 1 aliphatic heterocycles. The number of phenolic OH excluding ortho intramolecular Hbond substituents is 1. The average Bonchev–Trinajstić information content (AvgIpc) is 2.40. The van der Waals surface area contributed by atoms with E-state index in [0.29, 0.717) is 19.8 Å². The largest absolute Gasteiger partial charge is 0.507 e. The Balaban J connectivity index is 2.13. The van der Waals surface area contributed by atoms with Crippen molar-refractivity contribution in [2.24, 2.45) is 0 Å². The molecule has 0 unspecified atom stereocenters. The molecule has 0 radical (unpaired) electrons. The highest BCUT2D eigenvalue weighted by Crippen LogP contribution is 2.26. The number of morpholine rings is 1. The smallest absolute Gasteiger partial charge is 0.342 e. The molecule has 0 spiro atoms. The molecule has 1 aliphatic rings. The zero-order chi connectivity index (χ0) is 15.5. The van der Waals surface area contributed by atoms with Crippen molar-refractivity contribution in [3.63, 3.8) is 0 Å². The molecule has 1 saturated heterocycles. The van der Waals surface area contributed by atoms with E-state index >= 15 is 0 Å². The van der Waals surface area contributed by atoms with Gasteiger partial charge in [0.1, 0.15) is 16.9 Å². The Hall–Kier alpha value is -1.59. The Labute approximate surface area is 125 Å². The van der Waals surface area contributed by atoms with Crippen molar-refractivity contribution in [3.05, 3.63) is 29.3 Å². The normalized spacial score (nSPS) is 16.7. The zero-order valence-electron chi connectivity index (χ0n) is 12.9. The number of carbonyl (C=O) groups is 1. The minimum atomic E-state index is -0.580. The van der Waals surface area contributed by atoms with E-state index in [9.17, 15) is 9.90 Å². The van der Waals surface area contributed by atoms with Gasteiger partial charge in [0.05, 0.1) is 13.2 Å². The lowest BCUT2D eigenvalue weighted by Gasteiger charge is -2.27. The molecule has 1 aromatic carbocycles. The number of nitrogens with zero attached hydrogens (tertiary/aromatic N) is 1. The SMILES string of the molecule is CC(C)(C)OC(=O)c1cccc(CN2CCOCC2)c1O. The highest BCUT2D eigenvalue weighted by molar-refractivity contribution is 5.93. The van der Waals surface area contributed by atoms with E-state index in [1.807, 2.05) is 6.07 Å². The molecule has 2 rings (SSSR count). The second-order valence-corrected chi connectivity index (χ2v) is 6.20. The van der Waals surface area contributed by atoms with Gasteiger partial charge in [-0.25, -0.2) is 4.79 Å². The maximum absolute atomic E-state index is 12.1. The number of ether oxygens (including phenoxy) is 2. The first-order chi connectivity index (χ1) is 9.87. The number of carbonyl (C=O) groups excluding carboxylic acids is 1. The summed E-state index contributed by atoms with van der Waals surface area (Å²) in [5.41, 5.74) is 0.375. The molecule has 1 aromatic rings. The molecular formula is C16H23NO4. The van der Waals surface area contributed by atoms with Gasteiger partial charge < -0.3 is 14.6 Å². The van der Waals surface area contributed by atoms with Crippen LogP contribution in [-0.2, 0) is 16.0 Å². The second-order valence-electron chi connectivity index (χ2n) is 6.20. The topological polar surface area (TPSA) is 59.0 Å². The Morgan fingerprint density at radius 1 is 1.33 bits per heavy atom. The molecule has 5 nitrogen and oxygen atoms in total. The summed E-state index contributed by atoms with van der Waals surface area (Å²) in [7, 11) is 0. The first-order valence-corrected chi connectivity index (χ1v) is 7.21. The van der Waals surface area contributed by atoms with Crippen LogP contribution in [0.5, 0.6) is 5.75 Å². The fraction of sp³-hybridized carbons (Fsp3) is 0.562. The Morgan fingerprint density at radius 3 is 2.62 bits per heavy atom. The van der Waals surface area contributed by atoms with E-state index in [2.05, 4.69) is 4.90 Å². The van der Waals surface area contributed by atoms with Crippen molar-refractivity contribution in [2.45, 2.75) is 32.9 Å². The number of phenols is 1. The third kappa shape index (κ3) is 4.44. The summed E-state index contributed by atoms with van der Waals surface area (Å²) in [6.45, 7) is 9.08. The maximum atomic E-state index is 12.1. The fourth-order valence-corrected chi connectivity index (χ4v) is 2.22. The molecule has 1 heterocycles. The summed E-state index contributed by atoms with van der Waals surface area (Å²) in [5.74, 6) is -0.484. The van der Waals surface area contributed by atoms with E-state index in [1.165, 1.54) is 0 Å². The molecule has 0 saturated carbocycles. The van der Waals surface area contributed by atoms with Crippen LogP contribution in [0, 0.1) is 0 Å². The number of hydrogen-bond donors (Lipinski definition) is 1. The summed E-state index contributed by atoms with van der Waals surface area (Å²) >= 11 is 0. The van der Waals surface area contributed by atoms with Gasteiger partial charge in [-0.15, -0.1) is 0 Å². The quantitative estimate of drug-likeness (QED) is 0.866. The summed E-state index contributed by atoms with van der Waals surface area (Å²) in [5, 5.41) is 10.3. The number of aromatic hydroxyl groups is 1. The molecule has 116 valence electrons. The molecule has 0 amide bonds. The van der Waals surface area contributed by atoms with Gasteiger partial charge in [-0.3, -0.25) is 4.90 Å². The Bertz CT molecular complexity index is 501. The molecular weight excluding hydrogens is 270 g/mol. The van der Waals surface area contributed by atoms with Gasteiger partial charge in [0, 0.05) is 25.2 Å². The monoisotopic (exact) mass is 293 g/mol. The maximum Gasteiger partial charge on any atom is 0.342 e. The minimum Gasteiger partial charge on any atom is -0.507 e. The van der Waals surface area contributed by atoms with Crippen LogP contribution in [0.3, 0.4) is 0 Å². The van der Waals surface area contributed by atoms with Crippen molar-refractivity contribution in [1.29, 1.82) is 0 Å². The van der Waals surface area contributed by atoms with Crippen LogP contribution in [-0.4, -0.2) is 47.9 Å². The summed E-state index contributed by atoms with van der Waals surface area (Å²) in [6.07, 6.45) is 0. The van der Waals surface area contributed by atoms with Gasteiger partial charge in [0.2, 0.25) is 0 Å². The number of esters is 1. The van der Waals surface area contributed by atoms with E-state index < -0.39 is 11.6 Å². The van der Waals surface area contributed by atoms with Crippen LogP contribution in [0.15, 0.2) is 18.2 Å². The highest BCUT2D eigenvalue weighted by atomic mass is 16.6. The lowest BCUT2D eigenvalue weighted by Crippen LogP contribution is -2.35. The molecule has 0 aliphatic carbocycles. The third-order valence-electron chi connectivity index (χ3n) is 3.24. The number of rotatable bonds is 3. The van der Waals surface area contributed by atoms with Gasteiger partial charge in [-0.1, -0.05) is 12.1 Å². The van der Waals surface area contributed by atoms with E-state index in [4.69, 9.17) is 9.47 Å². The molecule has 0 atom stereocenters. The lowest BCUT2D eigenvalue weighted by molar-refractivity contribution is 0.00658. The van der Waals surface area contributed by atoms with E-state index in [-0.39, 0.29) is 11.3 Å². The summed E-state index contributed by atoms with van der Waals surface area (Å²) in [4.78, 5) is 14.3. The van der Waals surface area contributed by atoms with Gasteiger partial charge in [-0.2, -0.15) is 0 Å². The number of hydrogen-bond acceptors (Lipinski definition) is 5. The van der Waals surface area contributed by atoms with Gasteiger partial charge in [0.15, 0.2) is 0 Å².